The van der Waals surface area contributed by atoms with Gasteiger partial charge in [-0.1, -0.05) is 30.3 Å². The molecule has 2 rings (SSSR count). The minimum absolute atomic E-state index is 0. The summed E-state index contributed by atoms with van der Waals surface area (Å²) in [4.78, 5) is 16.6. The Hall–Kier alpha value is -2.29. The second-order valence-corrected chi connectivity index (χ2v) is 7.77. The first kappa shape index (κ1) is 25.7. The zero-order valence-electron chi connectivity index (χ0n) is 18.2. The maximum atomic E-state index is 12.3. The summed E-state index contributed by atoms with van der Waals surface area (Å²) in [6, 6.07) is 17.4. The molecule has 0 spiro atoms. The van der Waals surface area contributed by atoms with Crippen LogP contribution in [0.3, 0.4) is 0 Å². The van der Waals surface area contributed by atoms with Crippen LogP contribution in [0.1, 0.15) is 43.1 Å². The predicted octanol–water partition coefficient (Wildman–Crippen LogP) is 3.97. The smallest absolute Gasteiger partial charge is 0.251 e. The Bertz CT molecular complexity index is 804. The van der Waals surface area contributed by atoms with Crippen LogP contribution in [0.15, 0.2) is 59.6 Å². The Kier molecular flexibility index (Phi) is 11.2. The maximum Gasteiger partial charge on any atom is 0.251 e. The topological polar surface area (TPSA) is 74.8 Å². The number of para-hydroxylation sites is 1. The molecule has 2 aromatic rings. The summed E-state index contributed by atoms with van der Waals surface area (Å²) in [6.07, 6.45) is 0.859. The number of nitrogens with one attached hydrogen (secondary N) is 3. The van der Waals surface area contributed by atoms with Crippen LogP contribution in [0.4, 0.5) is 0 Å². The Morgan fingerprint density at radius 3 is 2.43 bits per heavy atom. The van der Waals surface area contributed by atoms with Crippen molar-refractivity contribution in [3.8, 4) is 5.75 Å². The summed E-state index contributed by atoms with van der Waals surface area (Å²) >= 11 is 0. The van der Waals surface area contributed by atoms with E-state index in [9.17, 15) is 4.79 Å². The fourth-order valence-electron chi connectivity index (χ4n) is 2.63. The lowest BCUT2D eigenvalue weighted by Gasteiger charge is -2.20. The fourth-order valence-corrected chi connectivity index (χ4v) is 2.63. The van der Waals surface area contributed by atoms with Crippen LogP contribution in [0, 0.1) is 0 Å². The molecule has 164 valence electrons. The number of halogens is 1. The molecule has 7 heteroatoms. The van der Waals surface area contributed by atoms with Gasteiger partial charge in [-0.25, -0.2) is 0 Å². The van der Waals surface area contributed by atoms with E-state index < -0.39 is 0 Å². The molecular weight excluding hydrogens is 491 g/mol. The average molecular weight is 524 g/mol. The van der Waals surface area contributed by atoms with Gasteiger partial charge in [0.05, 0.1) is 6.61 Å². The number of hydrogen-bond acceptors (Lipinski definition) is 3. The molecule has 2 aromatic carbocycles. The van der Waals surface area contributed by atoms with Gasteiger partial charge in [0.15, 0.2) is 5.96 Å². The normalized spacial score (nSPS) is 11.3. The van der Waals surface area contributed by atoms with Crippen LogP contribution in [-0.4, -0.2) is 37.6 Å². The molecule has 0 saturated carbocycles. The summed E-state index contributed by atoms with van der Waals surface area (Å²) in [6.45, 7) is 7.88. The maximum absolute atomic E-state index is 12.3. The summed E-state index contributed by atoms with van der Waals surface area (Å²) in [5.74, 6) is 1.53. The number of amides is 1. The van der Waals surface area contributed by atoms with Crippen molar-refractivity contribution < 1.29 is 9.53 Å². The van der Waals surface area contributed by atoms with E-state index in [0.29, 0.717) is 24.7 Å². The van der Waals surface area contributed by atoms with Gasteiger partial charge in [0.25, 0.3) is 5.91 Å². The number of rotatable bonds is 8. The lowest BCUT2D eigenvalue weighted by Crippen LogP contribution is -2.40. The Morgan fingerprint density at radius 1 is 1.03 bits per heavy atom. The van der Waals surface area contributed by atoms with Crippen molar-refractivity contribution >= 4 is 35.8 Å². The number of carbonyl (C=O) groups is 1. The first-order valence-corrected chi connectivity index (χ1v) is 9.91. The minimum atomic E-state index is -0.262. The zero-order chi connectivity index (χ0) is 21.1. The van der Waals surface area contributed by atoms with Gasteiger partial charge in [-0.15, -0.1) is 24.0 Å². The molecule has 0 saturated heterocycles. The molecule has 0 bridgehead atoms. The van der Waals surface area contributed by atoms with Gasteiger partial charge in [0, 0.05) is 31.2 Å². The van der Waals surface area contributed by atoms with Gasteiger partial charge >= 0.3 is 0 Å². The van der Waals surface area contributed by atoms with Crippen LogP contribution in [-0.2, 0) is 6.54 Å². The molecule has 30 heavy (non-hydrogen) atoms. The number of ether oxygens (including phenoxy) is 1. The number of nitrogens with zero attached hydrogens (tertiary/aromatic N) is 1. The average Bonchev–Trinajstić information content (AvgIpc) is 2.70. The summed E-state index contributed by atoms with van der Waals surface area (Å²) in [7, 11) is 1.74. The zero-order valence-corrected chi connectivity index (χ0v) is 20.5. The second kappa shape index (κ2) is 13.1. The van der Waals surface area contributed by atoms with Gasteiger partial charge in [-0.3, -0.25) is 9.79 Å². The van der Waals surface area contributed by atoms with E-state index in [2.05, 4.69) is 20.9 Å². The van der Waals surface area contributed by atoms with Crippen molar-refractivity contribution in [3.05, 3.63) is 65.7 Å². The molecule has 6 nitrogen and oxygen atoms in total. The first-order valence-electron chi connectivity index (χ1n) is 9.91. The third kappa shape index (κ3) is 9.96. The first-order chi connectivity index (χ1) is 13.9. The molecule has 0 aliphatic heterocycles. The molecule has 3 N–H and O–H groups in total. The SMILES string of the molecule is CN=C(NCCCOc1ccccc1)NCc1cccc(C(=O)NC(C)(C)C)c1.I. The number of guanidine groups is 1. The predicted molar refractivity (Wildman–Crippen MR) is 134 cm³/mol. The molecule has 0 aliphatic carbocycles. The quantitative estimate of drug-likeness (QED) is 0.212. The van der Waals surface area contributed by atoms with Crippen LogP contribution in [0.5, 0.6) is 5.75 Å². The largest absolute Gasteiger partial charge is 0.494 e. The minimum Gasteiger partial charge on any atom is -0.494 e. The highest BCUT2D eigenvalue weighted by molar-refractivity contribution is 14.0. The van der Waals surface area contributed by atoms with E-state index in [4.69, 9.17) is 4.74 Å². The Labute approximate surface area is 196 Å². The van der Waals surface area contributed by atoms with Gasteiger partial charge in [0.1, 0.15) is 5.75 Å². The standard InChI is InChI=1S/C23H32N4O2.HI/c1-23(2,3)27-21(28)19-11-8-10-18(16-19)17-26-22(24-4)25-14-9-15-29-20-12-6-5-7-13-20;/h5-8,10-13,16H,9,14-15,17H2,1-4H3,(H,27,28)(H2,24,25,26);1H. The van der Waals surface area contributed by atoms with E-state index in [-0.39, 0.29) is 35.4 Å². The highest BCUT2D eigenvalue weighted by Gasteiger charge is 2.15. The van der Waals surface area contributed by atoms with Crippen molar-refractivity contribution in [2.24, 2.45) is 4.99 Å². The molecule has 0 fully saturated rings. The van der Waals surface area contributed by atoms with Crippen LogP contribution in [0.2, 0.25) is 0 Å². The van der Waals surface area contributed by atoms with E-state index in [1.54, 1.807) is 7.05 Å². The third-order valence-corrected chi connectivity index (χ3v) is 3.99. The number of hydrogen-bond donors (Lipinski definition) is 3. The molecule has 0 atom stereocenters. The van der Waals surface area contributed by atoms with E-state index in [1.807, 2.05) is 75.4 Å². The van der Waals surface area contributed by atoms with Gasteiger partial charge in [0.2, 0.25) is 0 Å². The number of benzene rings is 2. The molecular formula is C23H33IN4O2. The second-order valence-electron chi connectivity index (χ2n) is 7.77. The monoisotopic (exact) mass is 524 g/mol. The van der Waals surface area contributed by atoms with Crippen molar-refractivity contribution in [1.82, 2.24) is 16.0 Å². The lowest BCUT2D eigenvalue weighted by molar-refractivity contribution is 0.0919. The Balaban J connectivity index is 0.00000450. The van der Waals surface area contributed by atoms with E-state index in [0.717, 1.165) is 24.3 Å². The van der Waals surface area contributed by atoms with Crippen molar-refractivity contribution in [2.45, 2.75) is 39.3 Å². The number of aliphatic imine (C=N–C) groups is 1. The van der Waals surface area contributed by atoms with Crippen molar-refractivity contribution in [3.63, 3.8) is 0 Å². The third-order valence-electron chi connectivity index (χ3n) is 3.99. The summed E-state index contributed by atoms with van der Waals surface area (Å²) < 4.78 is 5.68. The Morgan fingerprint density at radius 2 is 1.77 bits per heavy atom. The van der Waals surface area contributed by atoms with E-state index >= 15 is 0 Å². The van der Waals surface area contributed by atoms with Crippen LogP contribution < -0.4 is 20.7 Å². The van der Waals surface area contributed by atoms with Crippen molar-refractivity contribution in [2.75, 3.05) is 20.2 Å². The molecule has 0 radical (unpaired) electrons. The van der Waals surface area contributed by atoms with E-state index in [1.165, 1.54) is 0 Å². The van der Waals surface area contributed by atoms with Gasteiger partial charge < -0.3 is 20.7 Å². The van der Waals surface area contributed by atoms with Gasteiger partial charge in [-0.05, 0) is 57.0 Å². The summed E-state index contributed by atoms with van der Waals surface area (Å²) in [5, 5.41) is 9.53. The molecule has 0 aliphatic rings. The lowest BCUT2D eigenvalue weighted by atomic mass is 10.1. The molecule has 0 aromatic heterocycles. The summed E-state index contributed by atoms with van der Waals surface area (Å²) in [5.41, 5.74) is 1.41. The molecule has 0 heterocycles. The van der Waals surface area contributed by atoms with Gasteiger partial charge in [-0.2, -0.15) is 0 Å². The molecule has 1 amide bonds. The van der Waals surface area contributed by atoms with Crippen LogP contribution >= 0.6 is 24.0 Å². The highest BCUT2D eigenvalue weighted by atomic mass is 127. The molecule has 0 unspecified atom stereocenters. The van der Waals surface area contributed by atoms with Crippen molar-refractivity contribution in [1.29, 1.82) is 0 Å². The highest BCUT2D eigenvalue weighted by Crippen LogP contribution is 2.09. The fraction of sp³-hybridized carbons (Fsp3) is 0.391. The number of carbonyl (C=O) groups excluding carboxylic acids is 1. The van der Waals surface area contributed by atoms with Crippen LogP contribution in [0.25, 0.3) is 0 Å².